The van der Waals surface area contributed by atoms with Crippen molar-refractivity contribution in [2.24, 2.45) is 5.92 Å². The van der Waals surface area contributed by atoms with Crippen molar-refractivity contribution in [3.05, 3.63) is 23.8 Å². The monoisotopic (exact) mass is 221 g/mol. The predicted molar refractivity (Wildman–Crippen MR) is 64.0 cm³/mol. The molecule has 88 valence electrons. The molecule has 1 aromatic carbocycles. The summed E-state index contributed by atoms with van der Waals surface area (Å²) in [5, 5.41) is 12.9. The van der Waals surface area contributed by atoms with Crippen LogP contribution in [0.4, 0.5) is 0 Å². The van der Waals surface area contributed by atoms with Crippen LogP contribution in [0.15, 0.2) is 18.2 Å². The number of hydrogen-bond acceptors (Lipinski definition) is 3. The van der Waals surface area contributed by atoms with E-state index >= 15 is 0 Å². The molecule has 1 aliphatic rings. The van der Waals surface area contributed by atoms with Gasteiger partial charge in [0.15, 0.2) is 11.5 Å². The summed E-state index contributed by atoms with van der Waals surface area (Å²) in [6, 6.07) is 5.65. The van der Waals surface area contributed by atoms with Gasteiger partial charge in [-0.15, -0.1) is 0 Å². The SMILES string of the molecule is COc1cc(CC2CCNCC2)ccc1O. The van der Waals surface area contributed by atoms with Gasteiger partial charge < -0.3 is 15.2 Å². The molecule has 2 rings (SSSR count). The summed E-state index contributed by atoms with van der Waals surface area (Å²) in [6.07, 6.45) is 3.56. The molecule has 0 atom stereocenters. The summed E-state index contributed by atoms with van der Waals surface area (Å²) in [6.45, 7) is 2.25. The number of nitrogens with one attached hydrogen (secondary N) is 1. The molecule has 0 unspecified atom stereocenters. The first-order valence-corrected chi connectivity index (χ1v) is 5.86. The Morgan fingerprint density at radius 3 is 2.81 bits per heavy atom. The maximum atomic E-state index is 9.51. The third-order valence-corrected chi connectivity index (χ3v) is 3.23. The number of phenolic OH excluding ortho intramolecular Hbond substituents is 1. The van der Waals surface area contributed by atoms with E-state index in [0.29, 0.717) is 5.75 Å². The third kappa shape index (κ3) is 2.67. The van der Waals surface area contributed by atoms with Crippen LogP contribution in [0, 0.1) is 5.92 Å². The van der Waals surface area contributed by atoms with E-state index in [1.807, 2.05) is 12.1 Å². The Morgan fingerprint density at radius 2 is 2.12 bits per heavy atom. The molecule has 0 aromatic heterocycles. The lowest BCUT2D eigenvalue weighted by Gasteiger charge is -2.22. The molecule has 1 saturated heterocycles. The Labute approximate surface area is 96.4 Å². The number of methoxy groups -OCH3 is 1. The van der Waals surface area contributed by atoms with Crippen molar-refractivity contribution in [1.82, 2.24) is 5.32 Å². The Morgan fingerprint density at radius 1 is 1.38 bits per heavy atom. The molecule has 16 heavy (non-hydrogen) atoms. The molecule has 1 aliphatic heterocycles. The van der Waals surface area contributed by atoms with Crippen LogP contribution in [0.3, 0.4) is 0 Å². The normalized spacial score (nSPS) is 17.3. The molecule has 1 fully saturated rings. The van der Waals surface area contributed by atoms with Crippen molar-refractivity contribution < 1.29 is 9.84 Å². The molecule has 0 saturated carbocycles. The number of hydrogen-bond donors (Lipinski definition) is 2. The second-order valence-electron chi connectivity index (χ2n) is 4.40. The Kier molecular flexibility index (Phi) is 3.67. The molecule has 0 spiro atoms. The molecular weight excluding hydrogens is 202 g/mol. The zero-order chi connectivity index (χ0) is 11.4. The van der Waals surface area contributed by atoms with Crippen molar-refractivity contribution in [3.63, 3.8) is 0 Å². The lowest BCUT2D eigenvalue weighted by atomic mass is 9.91. The second-order valence-corrected chi connectivity index (χ2v) is 4.40. The molecule has 0 amide bonds. The van der Waals surface area contributed by atoms with Crippen LogP contribution in [-0.2, 0) is 6.42 Å². The first-order valence-electron chi connectivity index (χ1n) is 5.86. The van der Waals surface area contributed by atoms with Gasteiger partial charge >= 0.3 is 0 Å². The number of piperidine rings is 1. The Bertz CT molecular complexity index is 346. The lowest BCUT2D eigenvalue weighted by molar-refractivity contribution is 0.364. The van der Waals surface area contributed by atoms with Gasteiger partial charge in [-0.1, -0.05) is 6.07 Å². The minimum absolute atomic E-state index is 0.219. The number of benzene rings is 1. The van der Waals surface area contributed by atoms with E-state index in [-0.39, 0.29) is 5.75 Å². The van der Waals surface area contributed by atoms with Gasteiger partial charge in [-0.25, -0.2) is 0 Å². The van der Waals surface area contributed by atoms with Gasteiger partial charge in [0.1, 0.15) is 0 Å². The van der Waals surface area contributed by atoms with E-state index in [0.717, 1.165) is 25.4 Å². The molecule has 3 heteroatoms. The van der Waals surface area contributed by atoms with Crippen LogP contribution in [-0.4, -0.2) is 25.3 Å². The van der Waals surface area contributed by atoms with Crippen LogP contribution >= 0.6 is 0 Å². The minimum atomic E-state index is 0.219. The van der Waals surface area contributed by atoms with Crippen LogP contribution in [0.2, 0.25) is 0 Å². The van der Waals surface area contributed by atoms with Crippen LogP contribution in [0.25, 0.3) is 0 Å². The highest BCUT2D eigenvalue weighted by atomic mass is 16.5. The number of phenols is 1. The molecular formula is C13H19NO2. The average Bonchev–Trinajstić information content (AvgIpc) is 2.33. The van der Waals surface area contributed by atoms with Gasteiger partial charge in [0.2, 0.25) is 0 Å². The highest BCUT2D eigenvalue weighted by Gasteiger charge is 2.14. The topological polar surface area (TPSA) is 41.5 Å². The summed E-state index contributed by atoms with van der Waals surface area (Å²) in [5.74, 6) is 1.55. The average molecular weight is 221 g/mol. The quantitative estimate of drug-likeness (QED) is 0.819. The van der Waals surface area contributed by atoms with E-state index in [1.54, 1.807) is 13.2 Å². The van der Waals surface area contributed by atoms with Crippen LogP contribution < -0.4 is 10.1 Å². The van der Waals surface area contributed by atoms with E-state index in [1.165, 1.54) is 18.4 Å². The number of aromatic hydroxyl groups is 1. The largest absolute Gasteiger partial charge is 0.504 e. The summed E-state index contributed by atoms with van der Waals surface area (Å²) in [7, 11) is 1.59. The predicted octanol–water partition coefficient (Wildman–Crippen LogP) is 1.94. The molecule has 0 aliphatic carbocycles. The van der Waals surface area contributed by atoms with Gasteiger partial charge in [-0.05, 0) is 56.0 Å². The van der Waals surface area contributed by atoms with Crippen molar-refractivity contribution in [1.29, 1.82) is 0 Å². The zero-order valence-electron chi connectivity index (χ0n) is 9.70. The fourth-order valence-corrected chi connectivity index (χ4v) is 2.27. The molecule has 3 nitrogen and oxygen atoms in total. The van der Waals surface area contributed by atoms with Crippen molar-refractivity contribution in [3.8, 4) is 11.5 Å². The van der Waals surface area contributed by atoms with E-state index in [9.17, 15) is 5.11 Å². The van der Waals surface area contributed by atoms with Crippen molar-refractivity contribution >= 4 is 0 Å². The third-order valence-electron chi connectivity index (χ3n) is 3.23. The van der Waals surface area contributed by atoms with Gasteiger partial charge in [-0.2, -0.15) is 0 Å². The number of ether oxygens (including phenoxy) is 1. The summed E-state index contributed by atoms with van der Waals surface area (Å²) in [5.41, 5.74) is 1.25. The van der Waals surface area contributed by atoms with E-state index in [4.69, 9.17) is 4.74 Å². The maximum absolute atomic E-state index is 9.51. The molecule has 1 heterocycles. The first-order chi connectivity index (χ1) is 7.79. The van der Waals surface area contributed by atoms with Gasteiger partial charge in [-0.3, -0.25) is 0 Å². The highest BCUT2D eigenvalue weighted by molar-refractivity contribution is 5.41. The maximum Gasteiger partial charge on any atom is 0.160 e. The van der Waals surface area contributed by atoms with Crippen molar-refractivity contribution in [2.45, 2.75) is 19.3 Å². The van der Waals surface area contributed by atoms with Crippen LogP contribution in [0.5, 0.6) is 11.5 Å². The van der Waals surface area contributed by atoms with Gasteiger partial charge in [0.25, 0.3) is 0 Å². The number of rotatable bonds is 3. The molecule has 2 N–H and O–H groups in total. The molecule has 0 radical (unpaired) electrons. The molecule has 1 aromatic rings. The molecule has 0 bridgehead atoms. The summed E-state index contributed by atoms with van der Waals surface area (Å²) < 4.78 is 5.11. The van der Waals surface area contributed by atoms with E-state index in [2.05, 4.69) is 5.32 Å². The van der Waals surface area contributed by atoms with Gasteiger partial charge in [0, 0.05) is 0 Å². The van der Waals surface area contributed by atoms with Crippen molar-refractivity contribution in [2.75, 3.05) is 20.2 Å². The zero-order valence-corrected chi connectivity index (χ0v) is 9.70. The van der Waals surface area contributed by atoms with E-state index < -0.39 is 0 Å². The first kappa shape index (κ1) is 11.3. The summed E-state index contributed by atoms with van der Waals surface area (Å²) in [4.78, 5) is 0. The Balaban J connectivity index is 2.03. The Hall–Kier alpha value is -1.22. The minimum Gasteiger partial charge on any atom is -0.504 e. The highest BCUT2D eigenvalue weighted by Crippen LogP contribution is 2.28. The second kappa shape index (κ2) is 5.21. The standard InChI is InChI=1S/C13H19NO2/c1-16-13-9-11(2-3-12(13)15)8-10-4-6-14-7-5-10/h2-3,9-10,14-15H,4-8H2,1H3. The van der Waals surface area contributed by atoms with Gasteiger partial charge in [0.05, 0.1) is 7.11 Å². The fourth-order valence-electron chi connectivity index (χ4n) is 2.27. The smallest absolute Gasteiger partial charge is 0.160 e. The fraction of sp³-hybridized carbons (Fsp3) is 0.538. The van der Waals surface area contributed by atoms with Crippen LogP contribution in [0.1, 0.15) is 18.4 Å². The lowest BCUT2D eigenvalue weighted by Crippen LogP contribution is -2.28. The summed E-state index contributed by atoms with van der Waals surface area (Å²) >= 11 is 0.